The molecule has 20 heteroatoms. The molecule has 18 nitrogen and oxygen atoms in total. The molecule has 5 heterocycles. The molecule has 0 radical (unpaired) electrons. The number of rotatable bonds is 6. The molecule has 5 aliphatic heterocycles. The Morgan fingerprint density at radius 3 is 1.02 bits per heavy atom. The topological polar surface area (TPSA) is 224 Å². The number of hydrogen-bond acceptors (Lipinski definition) is 18. The van der Waals surface area contributed by atoms with E-state index < -0.39 is 0 Å². The predicted octanol–water partition coefficient (Wildman–Crippen LogP) is 17.3. The van der Waals surface area contributed by atoms with Crippen LogP contribution in [0, 0.1) is 34.5 Å². The van der Waals surface area contributed by atoms with Crippen LogP contribution in [0.15, 0.2) is 138 Å². The summed E-state index contributed by atoms with van der Waals surface area (Å²) in [5.41, 5.74) is 31.4. The standard InChI is InChI=1S/C20H20N2O2.C19H20BrNO2.C19H21NO2.C18H16N2O2.C17H17NO2.CN.CH4.Cu/c1-22-8-7-12-5-4-6-15-17(12)16(22)10-13-9-14(11-21)19(23-2)20(24-3)18(13)15;1-21-8-7-11-5-4-6-13-16(11)15(21)10-12-9-14(20)18(22-2)19(23-3)17(12)13;1-20-10-9-12-5-4-6-14-17(12)15(20)11-13-7-8-16(21-2)19(22-3)18(13)14;1-20-6-5-10-3-2-4-13-15(10)14(20)8-11-7-12(9-19)17(21)18(22)16(11)13;1-18-8-7-10-3-2-4-12-15(10)13(18)9-11-5-6-14(19)17(20)16(11)12;1-2;;/h4-6,9,16H,7-8,10H2,1-3H3;4-6,9,15H,7-8,10H2,1-3H3;4-8,15H,9-11H2,1-3H3;2-4,7,14,21-22H,5-6,8H2,1H3;2-6,13,19-20H,7-9H2,1H3;;1H4;/q;;;;;-1;;+1/t16-;2*15-;14-;13-;;;/m11111.../s1. The third-order valence-corrected chi connectivity index (χ3v) is 25.9. The molecule has 5 atom stereocenters. The first kappa shape index (κ1) is 82.4. The van der Waals surface area contributed by atoms with Gasteiger partial charge in [0, 0.05) is 90.8 Å². The maximum absolute atomic E-state index is 10.4. The number of fused-ring (bicyclic) bond motifs is 10. The van der Waals surface area contributed by atoms with E-state index >= 15 is 0 Å². The normalized spacial score (nSPS) is 18.6. The van der Waals surface area contributed by atoms with Crippen molar-refractivity contribution in [3.8, 4) is 125 Å². The number of benzene rings is 10. The van der Waals surface area contributed by atoms with Gasteiger partial charge in [-0.3, -0.25) is 24.5 Å². The average molecular weight is 1660 g/mol. The summed E-state index contributed by atoms with van der Waals surface area (Å²) < 4.78 is 34.7. The number of nitriles is 2. The molecule has 10 aliphatic rings. The summed E-state index contributed by atoms with van der Waals surface area (Å²) in [6.07, 6.45) is 9.93. The fraction of sp³-hybridized carbons (Fsp3) is 0.337. The molecule has 5 aliphatic carbocycles. The van der Waals surface area contributed by atoms with Gasteiger partial charge in [0.05, 0.1) is 58.3 Å². The Morgan fingerprint density at radius 1 is 0.348 bits per heavy atom. The van der Waals surface area contributed by atoms with Gasteiger partial charge < -0.3 is 60.7 Å². The second kappa shape index (κ2) is 34.1. The monoisotopic (exact) mass is 1650 g/mol. The van der Waals surface area contributed by atoms with Gasteiger partial charge in [-0.1, -0.05) is 111 Å². The minimum Gasteiger partial charge on any atom is -0.512 e. The van der Waals surface area contributed by atoms with Gasteiger partial charge in [0.2, 0.25) is 0 Å². The number of nitrogens with zero attached hydrogens (tertiary/aromatic N) is 8. The van der Waals surface area contributed by atoms with Crippen LogP contribution in [0.25, 0.3) is 55.6 Å². The average Bonchev–Trinajstić information content (AvgIpc) is 0.767. The van der Waals surface area contributed by atoms with E-state index in [1.54, 1.807) is 54.8 Å². The van der Waals surface area contributed by atoms with E-state index in [2.05, 4.69) is 173 Å². The van der Waals surface area contributed by atoms with Crippen LogP contribution in [0.4, 0.5) is 0 Å². The first-order valence-electron chi connectivity index (χ1n) is 38.6. The van der Waals surface area contributed by atoms with Crippen LogP contribution in [-0.2, 0) is 81.3 Å². The summed E-state index contributed by atoms with van der Waals surface area (Å²) in [6, 6.07) is 52.0. The minimum atomic E-state index is -0.318. The third-order valence-electron chi connectivity index (χ3n) is 25.3. The summed E-state index contributed by atoms with van der Waals surface area (Å²) in [7, 11) is 21.0. The molecule has 0 spiro atoms. The molecule has 0 unspecified atom stereocenters. The van der Waals surface area contributed by atoms with Crippen LogP contribution in [-0.4, -0.2) is 156 Å². The largest absolute Gasteiger partial charge is 1.00 e. The van der Waals surface area contributed by atoms with E-state index in [9.17, 15) is 25.7 Å². The van der Waals surface area contributed by atoms with Gasteiger partial charge in [0.15, 0.2) is 57.5 Å². The van der Waals surface area contributed by atoms with Crippen molar-refractivity contribution in [3.63, 3.8) is 0 Å². The number of ether oxygens (including phenoxy) is 6. The van der Waals surface area contributed by atoms with E-state index in [-0.39, 0.29) is 59.1 Å². The van der Waals surface area contributed by atoms with Gasteiger partial charge in [0.25, 0.3) is 0 Å². The second-order valence-electron chi connectivity index (χ2n) is 30.8. The Kier molecular flexibility index (Phi) is 24.5. The maximum Gasteiger partial charge on any atom is 1.00 e. The fourth-order valence-corrected chi connectivity index (χ4v) is 20.4. The minimum absolute atomic E-state index is 0. The van der Waals surface area contributed by atoms with Crippen molar-refractivity contribution in [1.82, 2.24) is 24.5 Å². The molecule has 0 saturated heterocycles. The second-order valence-corrected chi connectivity index (χ2v) is 31.7. The van der Waals surface area contributed by atoms with Crippen molar-refractivity contribution >= 4 is 15.9 Å². The van der Waals surface area contributed by atoms with E-state index in [0.717, 1.165) is 163 Å². The molecule has 115 heavy (non-hydrogen) atoms. The molecule has 0 amide bonds. The Bertz CT molecular complexity index is 5560. The van der Waals surface area contributed by atoms with E-state index in [1.807, 2.05) is 36.4 Å². The fourth-order valence-electron chi connectivity index (χ4n) is 19.8. The van der Waals surface area contributed by atoms with Crippen molar-refractivity contribution < 1.29 is 65.9 Å². The van der Waals surface area contributed by atoms with E-state index in [1.165, 1.54) is 94.6 Å². The molecule has 10 aromatic carbocycles. The van der Waals surface area contributed by atoms with Gasteiger partial charge in [-0.25, -0.2) is 0 Å². The van der Waals surface area contributed by atoms with Crippen LogP contribution < -0.4 is 28.4 Å². The molecule has 0 aromatic heterocycles. The molecule has 10 aromatic rings. The Balaban J connectivity index is 0.000000124. The van der Waals surface area contributed by atoms with Crippen molar-refractivity contribution in [3.05, 3.63) is 239 Å². The number of halogens is 1. The van der Waals surface area contributed by atoms with Gasteiger partial charge in [-0.15, -0.1) is 0 Å². The molecule has 0 fully saturated rings. The molecule has 20 rings (SSSR count). The summed E-state index contributed by atoms with van der Waals surface area (Å²) in [5.74, 6) is 3.96. The number of aromatic hydroxyl groups is 4. The first-order chi connectivity index (χ1) is 54.9. The number of likely N-dealkylation sites (N-methyl/N-ethyl adjacent to an activating group) is 5. The van der Waals surface area contributed by atoms with Crippen molar-refractivity contribution in [1.29, 1.82) is 15.8 Å². The molecule has 4 N–H and O–H groups in total. The molecule has 0 saturated carbocycles. The summed E-state index contributed by atoms with van der Waals surface area (Å²) in [6.45, 7) is 10.1. The van der Waals surface area contributed by atoms with Crippen LogP contribution in [0.2, 0.25) is 0 Å². The molecule has 0 bridgehead atoms. The number of methoxy groups -OCH3 is 6. The van der Waals surface area contributed by atoms with Gasteiger partial charge >= 0.3 is 17.1 Å². The number of hydrogen-bond donors (Lipinski definition) is 4. The SMILES string of the molecule is C.CN1CCc2cccc3c2[C@H]1Cc1cc(C#N)c(O)c(O)c1-3.CN1CCc2cccc3c2[C@H]1Cc1ccc(O)c(O)c1-3.COc1c(Br)cc2c(c1OC)-c1cccc3c1[C@@H](C2)N(C)CC3.COc1c(C#N)cc2c(c1OC)-c1cccc3c1[C@@H](C2)N(C)CC3.COc1ccc2c(c1OC)-c1cccc3c1[C@@H](C2)N(C)CC3.[C-]#N.[Cu+]. The van der Waals surface area contributed by atoms with Gasteiger partial charge in [-0.2, -0.15) is 10.5 Å². The zero-order valence-corrected chi connectivity index (χ0v) is 68.7. The van der Waals surface area contributed by atoms with Crippen molar-refractivity contribution in [2.45, 2.75) is 102 Å². The molecular formula is C95H98BrCuN8O10. The maximum atomic E-state index is 10.4. The zero-order valence-electron chi connectivity index (χ0n) is 66.2. The van der Waals surface area contributed by atoms with E-state index in [4.69, 9.17) is 45.5 Å². The number of phenolic OH excluding ortho intramolecular Hbond substituents is 4. The van der Waals surface area contributed by atoms with Crippen LogP contribution in [0.3, 0.4) is 0 Å². The number of phenols is 4. The predicted molar refractivity (Wildman–Crippen MR) is 448 cm³/mol. The van der Waals surface area contributed by atoms with Crippen LogP contribution >= 0.6 is 15.9 Å². The zero-order chi connectivity index (χ0) is 79.5. The summed E-state index contributed by atoms with van der Waals surface area (Å²) in [5, 5.41) is 65.4. The Labute approximate surface area is 694 Å². The van der Waals surface area contributed by atoms with Crippen LogP contribution in [0.1, 0.15) is 132 Å². The Morgan fingerprint density at radius 2 is 0.652 bits per heavy atom. The molecular weight excluding hydrogens is 1560 g/mol. The van der Waals surface area contributed by atoms with Crippen molar-refractivity contribution in [2.24, 2.45) is 0 Å². The van der Waals surface area contributed by atoms with Crippen molar-refractivity contribution in [2.75, 3.05) is 111 Å². The smallest absolute Gasteiger partial charge is 0.512 e. The first-order valence-corrected chi connectivity index (χ1v) is 39.4. The van der Waals surface area contributed by atoms with Gasteiger partial charge in [0.1, 0.15) is 12.1 Å². The third kappa shape index (κ3) is 14.1. The van der Waals surface area contributed by atoms with E-state index in [0.29, 0.717) is 46.8 Å². The molecule has 596 valence electrons. The Hall–Kier alpha value is -10.5. The quantitative estimate of drug-likeness (QED) is 0.0690. The summed E-state index contributed by atoms with van der Waals surface area (Å²) in [4.78, 5) is 12.1. The van der Waals surface area contributed by atoms with Crippen LogP contribution in [0.5, 0.6) is 57.5 Å². The van der Waals surface area contributed by atoms with Gasteiger partial charge in [-0.05, 0) is 257 Å². The summed E-state index contributed by atoms with van der Waals surface area (Å²) >= 11 is 3.63.